The Labute approximate surface area is 160 Å². The molecule has 2 aromatic carbocycles. The Morgan fingerprint density at radius 1 is 1.08 bits per heavy atom. The van der Waals surface area contributed by atoms with E-state index in [1.807, 2.05) is 42.5 Å². The molecule has 0 atom stereocenters. The molecule has 1 amide bonds. The Balaban J connectivity index is 1.61. The molecule has 0 spiro atoms. The summed E-state index contributed by atoms with van der Waals surface area (Å²) in [7, 11) is 2.15. The van der Waals surface area contributed by atoms with Crippen LogP contribution in [0.15, 0.2) is 54.6 Å². The van der Waals surface area contributed by atoms with Crippen molar-refractivity contribution in [3.8, 4) is 0 Å². The van der Waals surface area contributed by atoms with Crippen molar-refractivity contribution in [1.82, 2.24) is 10.2 Å². The number of anilines is 1. The number of carbonyl (C=O) groups is 1. The largest absolute Gasteiger partial charge is 0.368 e. The van der Waals surface area contributed by atoms with Gasteiger partial charge in [0.15, 0.2) is 0 Å². The monoisotopic (exact) mass is 369 g/mol. The van der Waals surface area contributed by atoms with E-state index in [2.05, 4.69) is 34.3 Å². The lowest BCUT2D eigenvalue weighted by atomic mass is 10.1. The Morgan fingerprint density at radius 2 is 1.77 bits per heavy atom. The summed E-state index contributed by atoms with van der Waals surface area (Å²) in [6.07, 6.45) is 3.50. The minimum atomic E-state index is -0.104. The molecule has 1 N–H and O–H groups in total. The highest BCUT2D eigenvalue weighted by atomic mass is 35.5. The molecule has 1 fully saturated rings. The summed E-state index contributed by atoms with van der Waals surface area (Å²) in [6, 6.07) is 15.7. The van der Waals surface area contributed by atoms with Gasteiger partial charge in [-0.2, -0.15) is 0 Å². The summed E-state index contributed by atoms with van der Waals surface area (Å²) in [4.78, 5) is 16.9. The molecule has 0 aromatic heterocycles. The molecule has 0 radical (unpaired) electrons. The second-order valence-corrected chi connectivity index (χ2v) is 6.96. The van der Waals surface area contributed by atoms with Crippen LogP contribution < -0.4 is 10.2 Å². The summed E-state index contributed by atoms with van der Waals surface area (Å²) < 4.78 is 0. The minimum Gasteiger partial charge on any atom is -0.368 e. The molecule has 0 aliphatic carbocycles. The number of carbonyl (C=O) groups excluding carboxylic acids is 1. The standard InChI is InChI=1S/C21H24ClN3O/c1-24-12-14-25(15-13-24)20-5-3-2-4-18(20)8-11-21(26)23-16-17-6-9-19(22)10-7-17/h2-11H,12-16H2,1H3,(H,23,26)/b11-8+. The molecule has 136 valence electrons. The Bertz CT molecular complexity index is 765. The maximum absolute atomic E-state index is 12.1. The van der Waals surface area contributed by atoms with Crippen molar-refractivity contribution in [2.24, 2.45) is 0 Å². The number of amides is 1. The second kappa shape index (κ2) is 8.88. The summed E-state index contributed by atoms with van der Waals surface area (Å²) in [5, 5.41) is 3.60. The molecule has 0 unspecified atom stereocenters. The molecule has 1 heterocycles. The predicted molar refractivity (Wildman–Crippen MR) is 108 cm³/mol. The first-order valence-electron chi connectivity index (χ1n) is 8.85. The fourth-order valence-electron chi connectivity index (χ4n) is 2.98. The van der Waals surface area contributed by atoms with Gasteiger partial charge in [-0.15, -0.1) is 0 Å². The average molecular weight is 370 g/mol. The lowest BCUT2D eigenvalue weighted by Crippen LogP contribution is -2.44. The summed E-state index contributed by atoms with van der Waals surface area (Å²) >= 11 is 5.87. The first-order chi connectivity index (χ1) is 12.6. The van der Waals surface area contributed by atoms with Gasteiger partial charge in [0.1, 0.15) is 0 Å². The molecule has 2 aromatic rings. The molecule has 1 saturated heterocycles. The number of likely N-dealkylation sites (N-methyl/N-ethyl adjacent to an activating group) is 1. The third-order valence-electron chi connectivity index (χ3n) is 4.57. The van der Waals surface area contributed by atoms with E-state index in [0.717, 1.165) is 37.3 Å². The number of piperazine rings is 1. The fourth-order valence-corrected chi connectivity index (χ4v) is 3.11. The zero-order chi connectivity index (χ0) is 18.4. The lowest BCUT2D eigenvalue weighted by Gasteiger charge is -2.34. The van der Waals surface area contributed by atoms with Crippen LogP contribution in [-0.4, -0.2) is 44.0 Å². The van der Waals surface area contributed by atoms with Crippen molar-refractivity contribution < 1.29 is 4.79 Å². The van der Waals surface area contributed by atoms with E-state index < -0.39 is 0 Å². The van der Waals surface area contributed by atoms with Crippen LogP contribution in [0.4, 0.5) is 5.69 Å². The molecule has 1 aliphatic heterocycles. The van der Waals surface area contributed by atoms with Gasteiger partial charge in [-0.1, -0.05) is 41.9 Å². The molecule has 0 saturated carbocycles. The van der Waals surface area contributed by atoms with Gasteiger partial charge in [-0.3, -0.25) is 4.79 Å². The van der Waals surface area contributed by atoms with Gasteiger partial charge < -0.3 is 15.1 Å². The van der Waals surface area contributed by atoms with Crippen molar-refractivity contribution in [1.29, 1.82) is 0 Å². The highest BCUT2D eigenvalue weighted by molar-refractivity contribution is 6.30. The summed E-state index contributed by atoms with van der Waals surface area (Å²) in [5.41, 5.74) is 3.27. The number of hydrogen-bond acceptors (Lipinski definition) is 3. The van der Waals surface area contributed by atoms with Gasteiger partial charge in [0.25, 0.3) is 0 Å². The van der Waals surface area contributed by atoms with E-state index in [9.17, 15) is 4.79 Å². The third-order valence-corrected chi connectivity index (χ3v) is 4.83. The van der Waals surface area contributed by atoms with Gasteiger partial charge in [-0.25, -0.2) is 0 Å². The van der Waals surface area contributed by atoms with E-state index in [1.54, 1.807) is 6.08 Å². The van der Waals surface area contributed by atoms with Crippen LogP contribution in [0.2, 0.25) is 5.02 Å². The highest BCUT2D eigenvalue weighted by Crippen LogP contribution is 2.22. The van der Waals surface area contributed by atoms with Gasteiger partial charge >= 0.3 is 0 Å². The number of hydrogen-bond donors (Lipinski definition) is 1. The van der Waals surface area contributed by atoms with Crippen molar-refractivity contribution in [2.45, 2.75) is 6.54 Å². The number of halogens is 1. The molecular weight excluding hydrogens is 346 g/mol. The average Bonchev–Trinajstić information content (AvgIpc) is 2.67. The van der Waals surface area contributed by atoms with E-state index in [1.165, 1.54) is 5.69 Å². The maximum Gasteiger partial charge on any atom is 0.244 e. The van der Waals surface area contributed by atoms with E-state index in [0.29, 0.717) is 11.6 Å². The predicted octanol–water partition coefficient (Wildman–Crippen LogP) is 3.42. The van der Waals surface area contributed by atoms with E-state index in [4.69, 9.17) is 11.6 Å². The van der Waals surface area contributed by atoms with Crippen molar-refractivity contribution in [2.75, 3.05) is 38.1 Å². The Hall–Kier alpha value is -2.30. The van der Waals surface area contributed by atoms with Gasteiger partial charge in [0.05, 0.1) is 0 Å². The maximum atomic E-state index is 12.1. The summed E-state index contributed by atoms with van der Waals surface area (Å²) in [6.45, 7) is 4.61. The molecule has 1 aliphatic rings. The zero-order valence-electron chi connectivity index (χ0n) is 15.0. The minimum absolute atomic E-state index is 0.104. The summed E-state index contributed by atoms with van der Waals surface area (Å²) in [5.74, 6) is -0.104. The first kappa shape index (κ1) is 18.5. The van der Waals surface area contributed by atoms with Gasteiger partial charge in [-0.05, 0) is 42.4 Å². The quantitative estimate of drug-likeness (QED) is 0.820. The number of para-hydroxylation sites is 1. The van der Waals surface area contributed by atoms with Crippen LogP contribution in [0.3, 0.4) is 0 Å². The van der Waals surface area contributed by atoms with Crippen LogP contribution >= 0.6 is 11.6 Å². The van der Waals surface area contributed by atoms with Gasteiger partial charge in [0, 0.05) is 49.5 Å². The molecule has 4 nitrogen and oxygen atoms in total. The SMILES string of the molecule is CN1CCN(c2ccccc2/C=C/C(=O)NCc2ccc(Cl)cc2)CC1. The number of nitrogens with one attached hydrogen (secondary N) is 1. The molecule has 0 bridgehead atoms. The number of nitrogens with zero attached hydrogens (tertiary/aromatic N) is 2. The normalized spacial score (nSPS) is 15.4. The van der Waals surface area contributed by atoms with Crippen LogP contribution in [0, 0.1) is 0 Å². The number of rotatable bonds is 5. The molecule has 5 heteroatoms. The van der Waals surface area contributed by atoms with Crippen LogP contribution in [0.1, 0.15) is 11.1 Å². The second-order valence-electron chi connectivity index (χ2n) is 6.53. The van der Waals surface area contributed by atoms with Crippen LogP contribution in [-0.2, 0) is 11.3 Å². The van der Waals surface area contributed by atoms with Crippen molar-refractivity contribution in [3.63, 3.8) is 0 Å². The van der Waals surface area contributed by atoms with Crippen LogP contribution in [0.5, 0.6) is 0 Å². The van der Waals surface area contributed by atoms with Crippen LogP contribution in [0.25, 0.3) is 6.08 Å². The van der Waals surface area contributed by atoms with E-state index in [-0.39, 0.29) is 5.91 Å². The van der Waals surface area contributed by atoms with Gasteiger partial charge in [0.2, 0.25) is 5.91 Å². The Kier molecular flexibility index (Phi) is 6.31. The molecule has 26 heavy (non-hydrogen) atoms. The third kappa shape index (κ3) is 5.10. The number of benzene rings is 2. The smallest absolute Gasteiger partial charge is 0.244 e. The van der Waals surface area contributed by atoms with Crippen molar-refractivity contribution in [3.05, 3.63) is 70.8 Å². The lowest BCUT2D eigenvalue weighted by molar-refractivity contribution is -0.116. The first-order valence-corrected chi connectivity index (χ1v) is 9.22. The topological polar surface area (TPSA) is 35.6 Å². The molecule has 3 rings (SSSR count). The highest BCUT2D eigenvalue weighted by Gasteiger charge is 2.15. The molecular formula is C21H24ClN3O. The van der Waals surface area contributed by atoms with E-state index >= 15 is 0 Å². The zero-order valence-corrected chi connectivity index (χ0v) is 15.7. The fraction of sp³-hybridized carbons (Fsp3) is 0.286. The van der Waals surface area contributed by atoms with Crippen molar-refractivity contribution >= 4 is 29.3 Å². The Morgan fingerprint density at radius 3 is 2.50 bits per heavy atom.